The van der Waals surface area contributed by atoms with Gasteiger partial charge >= 0.3 is 5.97 Å². The number of carbonyl (C=O) groups excluding carboxylic acids is 1. The van der Waals surface area contributed by atoms with Crippen molar-refractivity contribution in [3.8, 4) is 0 Å². The first-order chi connectivity index (χ1) is 11.4. The van der Waals surface area contributed by atoms with Crippen LogP contribution in [0.4, 0.5) is 0 Å². The van der Waals surface area contributed by atoms with Gasteiger partial charge in [-0.3, -0.25) is 4.79 Å². The maximum Gasteiger partial charge on any atom is 0.324 e. The standard InChI is InChI=1S/C18H21NO4S/c1-14-8-10-15(11-9-14)12-17(18(20)23-2)19-24(21,22)13-16-6-4-3-5-7-16/h3-11,17,19H,12-13H2,1-2H3. The molecular weight excluding hydrogens is 326 g/mol. The Balaban J connectivity index is 2.13. The number of carbonyl (C=O) groups is 1. The van der Waals surface area contributed by atoms with Gasteiger partial charge in [0.15, 0.2) is 0 Å². The van der Waals surface area contributed by atoms with E-state index in [9.17, 15) is 13.2 Å². The largest absolute Gasteiger partial charge is 0.468 e. The fourth-order valence-corrected chi connectivity index (χ4v) is 3.65. The highest BCUT2D eigenvalue weighted by atomic mass is 32.2. The molecule has 0 fully saturated rings. The number of benzene rings is 2. The fourth-order valence-electron chi connectivity index (χ4n) is 2.33. The van der Waals surface area contributed by atoms with Crippen molar-refractivity contribution < 1.29 is 17.9 Å². The van der Waals surface area contributed by atoms with Gasteiger partial charge in [-0.25, -0.2) is 13.1 Å². The molecule has 1 atom stereocenters. The quantitative estimate of drug-likeness (QED) is 0.780. The Kier molecular flexibility index (Phi) is 6.11. The number of ether oxygens (including phenoxy) is 1. The first-order valence-corrected chi connectivity index (χ1v) is 9.22. The second kappa shape index (κ2) is 8.08. The topological polar surface area (TPSA) is 72.5 Å². The van der Waals surface area contributed by atoms with E-state index in [1.165, 1.54) is 7.11 Å². The highest BCUT2D eigenvalue weighted by molar-refractivity contribution is 7.88. The van der Waals surface area contributed by atoms with Crippen LogP contribution in [-0.2, 0) is 31.7 Å². The lowest BCUT2D eigenvalue weighted by Crippen LogP contribution is -2.43. The molecule has 2 aromatic rings. The molecule has 0 aliphatic heterocycles. The molecule has 2 rings (SSSR count). The zero-order valence-electron chi connectivity index (χ0n) is 13.7. The summed E-state index contributed by atoms with van der Waals surface area (Å²) >= 11 is 0. The molecule has 0 bridgehead atoms. The minimum Gasteiger partial charge on any atom is -0.468 e. The third kappa shape index (κ3) is 5.47. The molecule has 0 heterocycles. The Labute approximate surface area is 142 Å². The molecule has 0 saturated heterocycles. The third-order valence-electron chi connectivity index (χ3n) is 3.57. The molecule has 0 saturated carbocycles. The molecule has 128 valence electrons. The second-order valence-corrected chi connectivity index (χ2v) is 7.38. The lowest BCUT2D eigenvalue weighted by molar-refractivity contribution is -0.142. The van der Waals surface area contributed by atoms with Gasteiger partial charge in [-0.1, -0.05) is 60.2 Å². The van der Waals surface area contributed by atoms with Crippen LogP contribution >= 0.6 is 0 Å². The summed E-state index contributed by atoms with van der Waals surface area (Å²) in [6.07, 6.45) is 0.237. The number of methoxy groups -OCH3 is 1. The number of sulfonamides is 1. The third-order valence-corrected chi connectivity index (χ3v) is 4.92. The first kappa shape index (κ1) is 18.2. The van der Waals surface area contributed by atoms with E-state index < -0.39 is 22.0 Å². The molecule has 24 heavy (non-hydrogen) atoms. The van der Waals surface area contributed by atoms with Gasteiger partial charge in [0.05, 0.1) is 12.9 Å². The summed E-state index contributed by atoms with van der Waals surface area (Å²) in [4.78, 5) is 12.0. The zero-order valence-corrected chi connectivity index (χ0v) is 14.5. The van der Waals surface area contributed by atoms with Crippen molar-refractivity contribution in [3.63, 3.8) is 0 Å². The van der Waals surface area contributed by atoms with Gasteiger partial charge in [0.2, 0.25) is 10.0 Å². The van der Waals surface area contributed by atoms with E-state index in [0.29, 0.717) is 5.56 Å². The Morgan fingerprint density at radius 1 is 1.04 bits per heavy atom. The van der Waals surface area contributed by atoms with E-state index in [-0.39, 0.29) is 12.2 Å². The summed E-state index contributed by atoms with van der Waals surface area (Å²) in [6, 6.07) is 15.4. The molecule has 6 heteroatoms. The van der Waals surface area contributed by atoms with Gasteiger partial charge in [-0.15, -0.1) is 0 Å². The fraction of sp³-hybridized carbons (Fsp3) is 0.278. The summed E-state index contributed by atoms with van der Waals surface area (Å²) in [6.45, 7) is 1.96. The zero-order chi connectivity index (χ0) is 17.6. The Morgan fingerprint density at radius 3 is 2.25 bits per heavy atom. The summed E-state index contributed by atoms with van der Waals surface area (Å²) in [5.74, 6) is -0.790. The van der Waals surface area contributed by atoms with E-state index in [2.05, 4.69) is 4.72 Å². The molecule has 5 nitrogen and oxygen atoms in total. The number of rotatable bonds is 7. The van der Waals surface area contributed by atoms with Crippen molar-refractivity contribution >= 4 is 16.0 Å². The van der Waals surface area contributed by atoms with Crippen molar-refractivity contribution in [2.75, 3.05) is 7.11 Å². The van der Waals surface area contributed by atoms with Gasteiger partial charge in [0.1, 0.15) is 6.04 Å². The first-order valence-electron chi connectivity index (χ1n) is 7.57. The van der Waals surface area contributed by atoms with E-state index >= 15 is 0 Å². The summed E-state index contributed by atoms with van der Waals surface area (Å²) in [7, 11) is -2.42. The highest BCUT2D eigenvalue weighted by Crippen LogP contribution is 2.10. The monoisotopic (exact) mass is 347 g/mol. The van der Waals surface area contributed by atoms with Crippen LogP contribution in [0.25, 0.3) is 0 Å². The van der Waals surface area contributed by atoms with E-state index in [1.54, 1.807) is 24.3 Å². The van der Waals surface area contributed by atoms with Gasteiger partial charge in [0, 0.05) is 0 Å². The summed E-state index contributed by atoms with van der Waals surface area (Å²) in [5.41, 5.74) is 2.61. The lowest BCUT2D eigenvalue weighted by atomic mass is 10.1. The van der Waals surface area contributed by atoms with Gasteiger partial charge < -0.3 is 4.74 Å². The molecule has 0 aliphatic carbocycles. The number of hydrogen-bond acceptors (Lipinski definition) is 4. The Bertz CT molecular complexity index is 770. The van der Waals surface area contributed by atoms with Gasteiger partial charge in [-0.05, 0) is 24.5 Å². The Hall–Kier alpha value is -2.18. The van der Waals surface area contributed by atoms with E-state index in [4.69, 9.17) is 4.74 Å². The molecule has 2 aromatic carbocycles. The smallest absolute Gasteiger partial charge is 0.324 e. The average molecular weight is 347 g/mol. The average Bonchev–Trinajstić information content (AvgIpc) is 2.55. The molecule has 0 spiro atoms. The predicted molar refractivity (Wildman–Crippen MR) is 92.9 cm³/mol. The second-order valence-electron chi connectivity index (χ2n) is 5.63. The van der Waals surface area contributed by atoms with Crippen molar-refractivity contribution in [1.29, 1.82) is 0 Å². The maximum absolute atomic E-state index is 12.4. The molecule has 0 aromatic heterocycles. The normalized spacial score (nSPS) is 12.6. The molecule has 0 aliphatic rings. The summed E-state index contributed by atoms with van der Waals surface area (Å²) in [5, 5.41) is 0. The number of nitrogens with one attached hydrogen (secondary N) is 1. The van der Waals surface area contributed by atoms with Crippen molar-refractivity contribution in [3.05, 3.63) is 71.3 Å². The van der Waals surface area contributed by atoms with Crippen LogP contribution in [0.5, 0.6) is 0 Å². The van der Waals surface area contributed by atoms with Crippen LogP contribution in [0.15, 0.2) is 54.6 Å². The molecule has 0 radical (unpaired) electrons. The van der Waals surface area contributed by atoms with Crippen molar-refractivity contribution in [1.82, 2.24) is 4.72 Å². The minimum absolute atomic E-state index is 0.185. The van der Waals surface area contributed by atoms with Gasteiger partial charge in [0.25, 0.3) is 0 Å². The van der Waals surface area contributed by atoms with Crippen LogP contribution in [0.2, 0.25) is 0 Å². The van der Waals surface area contributed by atoms with Crippen molar-refractivity contribution in [2.24, 2.45) is 0 Å². The predicted octanol–water partition coefficient (Wildman–Crippen LogP) is 2.20. The van der Waals surface area contributed by atoms with Gasteiger partial charge in [-0.2, -0.15) is 0 Å². The minimum atomic E-state index is -3.67. The van der Waals surface area contributed by atoms with Crippen LogP contribution in [-0.4, -0.2) is 27.5 Å². The summed E-state index contributed by atoms with van der Waals surface area (Å²) < 4.78 is 31.9. The lowest BCUT2D eigenvalue weighted by Gasteiger charge is -2.17. The van der Waals surface area contributed by atoms with Crippen molar-refractivity contribution in [2.45, 2.75) is 25.1 Å². The van der Waals surface area contributed by atoms with E-state index in [1.807, 2.05) is 37.3 Å². The molecular formula is C18H21NO4S. The number of esters is 1. The molecule has 0 amide bonds. The van der Waals surface area contributed by atoms with Crippen LogP contribution < -0.4 is 4.72 Å². The van der Waals surface area contributed by atoms with Crippen LogP contribution in [0.1, 0.15) is 16.7 Å². The highest BCUT2D eigenvalue weighted by Gasteiger charge is 2.25. The van der Waals surface area contributed by atoms with Crippen LogP contribution in [0.3, 0.4) is 0 Å². The van der Waals surface area contributed by atoms with E-state index in [0.717, 1.165) is 11.1 Å². The molecule has 1 unspecified atom stereocenters. The maximum atomic E-state index is 12.4. The molecule has 1 N–H and O–H groups in total. The SMILES string of the molecule is COC(=O)C(Cc1ccc(C)cc1)NS(=O)(=O)Cc1ccccc1. The number of aryl methyl sites for hydroxylation is 1. The van der Waals surface area contributed by atoms with Crippen LogP contribution in [0, 0.1) is 6.92 Å². The Morgan fingerprint density at radius 2 is 1.67 bits per heavy atom. The number of hydrogen-bond donors (Lipinski definition) is 1.